The summed E-state index contributed by atoms with van der Waals surface area (Å²) in [5, 5.41) is 16.3. The summed E-state index contributed by atoms with van der Waals surface area (Å²) in [4.78, 5) is 4.37. The summed E-state index contributed by atoms with van der Waals surface area (Å²) in [6, 6.07) is 4.90. The molecule has 4 nitrogen and oxygen atoms in total. The fourth-order valence-corrected chi connectivity index (χ4v) is 2.56. The molecule has 0 saturated heterocycles. The summed E-state index contributed by atoms with van der Waals surface area (Å²) >= 11 is 0. The first-order valence-corrected chi connectivity index (χ1v) is 8.18. The molecule has 2 rings (SSSR count). The first kappa shape index (κ1) is 18.6. The van der Waals surface area contributed by atoms with Crippen LogP contribution in [0.3, 0.4) is 0 Å². The van der Waals surface area contributed by atoms with E-state index in [-0.39, 0.29) is 12.6 Å². The zero-order valence-corrected chi connectivity index (χ0v) is 14.0. The van der Waals surface area contributed by atoms with Gasteiger partial charge in [-0.15, -0.1) is 0 Å². The highest BCUT2D eigenvalue weighted by Crippen LogP contribution is 2.32. The molecule has 0 bridgehead atoms. The standard InChI is InChI=1S/C17H24F3N3O/c1-3-21-15(22-11-16(24)8-5-9-16)23-12(2)13-6-4-7-14(10-13)17(18,19)20/h4,6-7,10,12,24H,3,5,8-9,11H2,1-2H3,(H2,21,22,23). The van der Waals surface area contributed by atoms with Gasteiger partial charge in [-0.25, -0.2) is 0 Å². The van der Waals surface area contributed by atoms with Crippen LogP contribution in [0.25, 0.3) is 0 Å². The summed E-state index contributed by atoms with van der Waals surface area (Å²) < 4.78 is 38.5. The maximum absolute atomic E-state index is 12.8. The molecule has 3 N–H and O–H groups in total. The smallest absolute Gasteiger partial charge is 0.388 e. The lowest BCUT2D eigenvalue weighted by Gasteiger charge is -2.35. The molecule has 1 saturated carbocycles. The number of aliphatic hydroxyl groups is 1. The van der Waals surface area contributed by atoms with Crippen molar-refractivity contribution in [3.63, 3.8) is 0 Å². The molecule has 0 amide bonds. The molecule has 134 valence electrons. The largest absolute Gasteiger partial charge is 0.416 e. The highest BCUT2D eigenvalue weighted by Gasteiger charge is 2.34. The number of alkyl halides is 3. The molecule has 1 fully saturated rings. The van der Waals surface area contributed by atoms with Crippen molar-refractivity contribution in [1.29, 1.82) is 0 Å². The zero-order chi connectivity index (χ0) is 17.8. The number of hydrogen-bond donors (Lipinski definition) is 3. The second-order valence-corrected chi connectivity index (χ2v) is 6.26. The van der Waals surface area contributed by atoms with E-state index in [4.69, 9.17) is 0 Å². The third-order valence-corrected chi connectivity index (χ3v) is 4.23. The second kappa shape index (κ2) is 7.42. The van der Waals surface area contributed by atoms with Gasteiger partial charge in [-0.2, -0.15) is 13.2 Å². The quantitative estimate of drug-likeness (QED) is 0.568. The Bertz CT molecular complexity index is 583. The minimum Gasteiger partial charge on any atom is -0.388 e. The predicted octanol–water partition coefficient (Wildman–Crippen LogP) is 3.24. The van der Waals surface area contributed by atoms with Gasteiger partial charge in [0, 0.05) is 6.54 Å². The van der Waals surface area contributed by atoms with Crippen molar-refractivity contribution in [3.05, 3.63) is 35.4 Å². The molecule has 1 unspecified atom stereocenters. The Balaban J connectivity index is 2.07. The maximum atomic E-state index is 12.8. The Morgan fingerprint density at radius 2 is 2.08 bits per heavy atom. The number of nitrogens with one attached hydrogen (secondary N) is 2. The van der Waals surface area contributed by atoms with E-state index in [9.17, 15) is 18.3 Å². The number of aliphatic imine (C=N–C) groups is 1. The number of guanidine groups is 1. The average Bonchev–Trinajstić information content (AvgIpc) is 2.50. The summed E-state index contributed by atoms with van der Waals surface area (Å²) in [6.07, 6.45) is -1.89. The molecule has 0 radical (unpaired) electrons. The van der Waals surface area contributed by atoms with Crippen LogP contribution in [0.5, 0.6) is 0 Å². The molecule has 0 aromatic heterocycles. The van der Waals surface area contributed by atoms with Crippen molar-refractivity contribution in [2.24, 2.45) is 4.99 Å². The van der Waals surface area contributed by atoms with Gasteiger partial charge in [-0.05, 0) is 50.8 Å². The van der Waals surface area contributed by atoms with Gasteiger partial charge in [0.25, 0.3) is 0 Å². The van der Waals surface area contributed by atoms with Crippen molar-refractivity contribution in [1.82, 2.24) is 10.6 Å². The number of benzene rings is 1. The van der Waals surface area contributed by atoms with E-state index >= 15 is 0 Å². The number of hydrogen-bond acceptors (Lipinski definition) is 2. The molecular formula is C17H24F3N3O. The van der Waals surface area contributed by atoms with Crippen molar-refractivity contribution >= 4 is 5.96 Å². The minimum absolute atomic E-state index is 0.289. The molecule has 1 atom stereocenters. The molecule has 0 aliphatic heterocycles. The van der Waals surface area contributed by atoms with Crippen LogP contribution in [0.2, 0.25) is 0 Å². The highest BCUT2D eigenvalue weighted by atomic mass is 19.4. The van der Waals surface area contributed by atoms with Gasteiger partial charge in [0.15, 0.2) is 5.96 Å². The van der Waals surface area contributed by atoms with E-state index in [1.165, 1.54) is 6.07 Å². The van der Waals surface area contributed by atoms with E-state index in [2.05, 4.69) is 15.6 Å². The lowest BCUT2D eigenvalue weighted by molar-refractivity contribution is -0.137. The molecule has 7 heteroatoms. The van der Waals surface area contributed by atoms with Crippen molar-refractivity contribution in [2.75, 3.05) is 13.1 Å². The van der Waals surface area contributed by atoms with E-state index < -0.39 is 17.3 Å². The first-order chi connectivity index (χ1) is 11.2. The summed E-state index contributed by atoms with van der Waals surface area (Å²) in [6.45, 7) is 4.60. The molecule has 1 aliphatic carbocycles. The Kier molecular flexibility index (Phi) is 5.74. The van der Waals surface area contributed by atoms with Gasteiger partial charge in [0.2, 0.25) is 0 Å². The number of halogens is 3. The summed E-state index contributed by atoms with van der Waals surface area (Å²) in [7, 11) is 0. The topological polar surface area (TPSA) is 56.7 Å². The first-order valence-electron chi connectivity index (χ1n) is 8.18. The van der Waals surface area contributed by atoms with E-state index in [0.717, 1.165) is 31.4 Å². The zero-order valence-electron chi connectivity index (χ0n) is 14.0. The van der Waals surface area contributed by atoms with Crippen LogP contribution in [-0.2, 0) is 6.18 Å². The number of nitrogens with zero attached hydrogens (tertiary/aromatic N) is 1. The molecule has 0 heterocycles. The third-order valence-electron chi connectivity index (χ3n) is 4.23. The molecular weight excluding hydrogens is 319 g/mol. The lowest BCUT2D eigenvalue weighted by Crippen LogP contribution is -2.43. The fraction of sp³-hybridized carbons (Fsp3) is 0.588. The van der Waals surface area contributed by atoms with Crippen LogP contribution < -0.4 is 10.6 Å². The Labute approximate surface area is 140 Å². The van der Waals surface area contributed by atoms with Gasteiger partial charge in [-0.3, -0.25) is 4.99 Å². The van der Waals surface area contributed by atoms with E-state index in [1.54, 1.807) is 13.0 Å². The third kappa shape index (κ3) is 4.87. The normalized spacial score (nSPS) is 18.7. The van der Waals surface area contributed by atoms with E-state index in [0.29, 0.717) is 18.1 Å². The van der Waals surface area contributed by atoms with Crippen molar-refractivity contribution in [3.8, 4) is 0 Å². The van der Waals surface area contributed by atoms with Crippen LogP contribution in [0.1, 0.15) is 50.3 Å². The Hall–Kier alpha value is -1.76. The predicted molar refractivity (Wildman–Crippen MR) is 87.8 cm³/mol. The minimum atomic E-state index is -4.36. The van der Waals surface area contributed by atoms with Crippen LogP contribution in [0.15, 0.2) is 29.3 Å². The molecule has 24 heavy (non-hydrogen) atoms. The van der Waals surface area contributed by atoms with Gasteiger partial charge in [0.1, 0.15) is 0 Å². The van der Waals surface area contributed by atoms with Crippen LogP contribution in [0, 0.1) is 0 Å². The van der Waals surface area contributed by atoms with E-state index in [1.807, 2.05) is 6.92 Å². The molecule has 1 aromatic carbocycles. The fourth-order valence-electron chi connectivity index (χ4n) is 2.56. The van der Waals surface area contributed by atoms with Gasteiger partial charge >= 0.3 is 6.18 Å². The second-order valence-electron chi connectivity index (χ2n) is 6.26. The van der Waals surface area contributed by atoms with Gasteiger partial charge < -0.3 is 15.7 Å². The summed E-state index contributed by atoms with van der Waals surface area (Å²) in [5.74, 6) is 0.489. The van der Waals surface area contributed by atoms with Crippen LogP contribution in [-0.4, -0.2) is 29.8 Å². The average molecular weight is 343 g/mol. The Morgan fingerprint density at radius 1 is 1.38 bits per heavy atom. The monoisotopic (exact) mass is 343 g/mol. The SMILES string of the molecule is CCNC(=NCC1(O)CCC1)NC(C)c1cccc(C(F)(F)F)c1. The number of rotatable bonds is 5. The van der Waals surface area contributed by atoms with Gasteiger partial charge in [-0.1, -0.05) is 12.1 Å². The molecule has 1 aliphatic rings. The molecule has 0 spiro atoms. The van der Waals surface area contributed by atoms with Crippen molar-refractivity contribution < 1.29 is 18.3 Å². The van der Waals surface area contributed by atoms with Crippen LogP contribution >= 0.6 is 0 Å². The highest BCUT2D eigenvalue weighted by molar-refractivity contribution is 5.80. The lowest BCUT2D eigenvalue weighted by atomic mass is 9.80. The van der Waals surface area contributed by atoms with Crippen molar-refractivity contribution in [2.45, 2.75) is 50.9 Å². The molecule has 1 aromatic rings. The Morgan fingerprint density at radius 3 is 2.62 bits per heavy atom. The summed E-state index contributed by atoms with van der Waals surface area (Å²) in [5.41, 5.74) is -0.876. The van der Waals surface area contributed by atoms with Crippen LogP contribution in [0.4, 0.5) is 13.2 Å². The van der Waals surface area contributed by atoms with Gasteiger partial charge in [0.05, 0.1) is 23.8 Å². The maximum Gasteiger partial charge on any atom is 0.416 e.